The Morgan fingerprint density at radius 2 is 2.07 bits per heavy atom. The number of carbonyl (C=O) groups excluding carboxylic acids is 1. The summed E-state index contributed by atoms with van der Waals surface area (Å²) >= 11 is 4.61. The van der Waals surface area contributed by atoms with Crippen molar-refractivity contribution in [3.63, 3.8) is 0 Å². The number of carbonyl (C=O) groups is 1. The zero-order chi connectivity index (χ0) is 30.4. The molecule has 1 aliphatic carbocycles. The van der Waals surface area contributed by atoms with Crippen LogP contribution in [0.5, 0.6) is 5.75 Å². The van der Waals surface area contributed by atoms with Crippen LogP contribution >= 0.6 is 11.6 Å². The molecule has 42 heavy (non-hydrogen) atoms. The smallest absolute Gasteiger partial charge is 0.293 e. The zero-order valence-electron chi connectivity index (χ0n) is 25.8. The van der Waals surface area contributed by atoms with E-state index in [1.54, 1.807) is 24.5 Å². The van der Waals surface area contributed by atoms with Crippen LogP contribution in [-0.2, 0) is 22.7 Å². The molecule has 4 atom stereocenters. The van der Waals surface area contributed by atoms with Gasteiger partial charge in [-0.15, -0.1) is 9.03 Å². The molecule has 0 saturated heterocycles. The van der Waals surface area contributed by atoms with Gasteiger partial charge in [0.05, 0.1) is 24.4 Å². The Balaban J connectivity index is 1.38. The quantitative estimate of drug-likeness (QED) is 0.212. The van der Waals surface area contributed by atoms with E-state index < -0.39 is 11.5 Å². The Morgan fingerprint density at radius 3 is 2.74 bits per heavy atom. The fraction of sp³-hybridized carbons (Fsp3) is 0.545. The molecule has 2 aromatic rings. The van der Waals surface area contributed by atoms with Crippen LogP contribution < -0.4 is 14.4 Å². The number of nitrogens with one attached hydrogen (secondary N) is 1. The van der Waals surface area contributed by atoms with Gasteiger partial charge in [0.15, 0.2) is 11.5 Å². The van der Waals surface area contributed by atoms with Crippen LogP contribution in [0, 0.1) is 5.92 Å². The monoisotopic (exact) mass is 615 g/mol. The van der Waals surface area contributed by atoms with Crippen molar-refractivity contribution < 1.29 is 18.8 Å². The largest absolute Gasteiger partial charge is 0.573 e. The second kappa shape index (κ2) is 15.0. The van der Waals surface area contributed by atoms with Gasteiger partial charge in [0, 0.05) is 44.3 Å². The summed E-state index contributed by atoms with van der Waals surface area (Å²) < 4.78 is 29.5. The number of ether oxygens (including phenoxy) is 2. The Bertz CT molecular complexity index is 1250. The fourth-order valence-electron chi connectivity index (χ4n) is 5.88. The van der Waals surface area contributed by atoms with E-state index in [9.17, 15) is 9.35 Å². The molecule has 7 nitrogen and oxygen atoms in total. The van der Waals surface area contributed by atoms with Gasteiger partial charge in [-0.3, -0.25) is 4.79 Å². The molecule has 230 valence electrons. The number of halogens is 1. The van der Waals surface area contributed by atoms with Crippen molar-refractivity contribution in [2.45, 2.75) is 77.4 Å². The molecule has 1 heterocycles. The first-order valence-corrected chi connectivity index (χ1v) is 16.5. The standard InChI is InChI=1S/C33H46ClN3O4S/c1-7-9-25-18-28(34)15-16-29(25)27-20-36(4)30-19-26(14-17-31(30)41-21-27)33(38)35-42(39)37(5)23(3)13-12-22(2)32(40-6)24-10-8-11-24/h12,14-19,23-24,27,32H,7-11,13,20-21H2,1-6H3,(H,35,38)/b22-12+. The van der Waals surface area contributed by atoms with Crippen LogP contribution in [0.1, 0.15) is 80.3 Å². The van der Waals surface area contributed by atoms with Gasteiger partial charge >= 0.3 is 0 Å². The predicted molar refractivity (Wildman–Crippen MR) is 173 cm³/mol. The Kier molecular flexibility index (Phi) is 11.7. The van der Waals surface area contributed by atoms with Crippen molar-refractivity contribution >= 4 is 34.7 Å². The second-order valence-electron chi connectivity index (χ2n) is 11.8. The van der Waals surface area contributed by atoms with E-state index in [4.69, 9.17) is 21.1 Å². The number of benzene rings is 2. The number of amides is 1. The number of hydrogen-bond donors (Lipinski definition) is 1. The van der Waals surface area contributed by atoms with Crippen molar-refractivity contribution in [1.29, 1.82) is 0 Å². The van der Waals surface area contributed by atoms with Gasteiger partial charge in [-0.2, -0.15) is 0 Å². The van der Waals surface area contributed by atoms with Gasteiger partial charge in [-0.25, -0.2) is 0 Å². The highest BCUT2D eigenvalue weighted by Gasteiger charge is 2.30. The zero-order valence-corrected chi connectivity index (χ0v) is 27.4. The number of likely N-dealkylation sites (N-methyl/N-ethyl adjacent to an activating group) is 1. The normalized spacial score (nSPS) is 19.8. The van der Waals surface area contributed by atoms with Gasteiger partial charge in [0.25, 0.3) is 5.91 Å². The number of hydrogen-bond acceptors (Lipinski definition) is 6. The van der Waals surface area contributed by atoms with Crippen LogP contribution in [0.15, 0.2) is 48.0 Å². The van der Waals surface area contributed by atoms with Gasteiger partial charge in [-0.1, -0.05) is 43.5 Å². The summed E-state index contributed by atoms with van der Waals surface area (Å²) in [6.45, 7) is 7.56. The minimum Gasteiger partial charge on any atom is -0.573 e. The van der Waals surface area contributed by atoms with Crippen LogP contribution in [0.25, 0.3) is 0 Å². The predicted octanol–water partition coefficient (Wildman–Crippen LogP) is 6.69. The molecule has 0 spiro atoms. The summed E-state index contributed by atoms with van der Waals surface area (Å²) in [5, 5.41) is 0.747. The molecule has 1 fully saturated rings. The fourth-order valence-corrected chi connectivity index (χ4v) is 6.91. The lowest BCUT2D eigenvalue weighted by Crippen LogP contribution is -2.45. The molecule has 9 heteroatoms. The lowest BCUT2D eigenvalue weighted by Gasteiger charge is -2.33. The van der Waals surface area contributed by atoms with Gasteiger partial charge in [-0.05, 0) is 92.5 Å². The molecule has 1 amide bonds. The molecule has 1 saturated carbocycles. The highest BCUT2D eigenvalue weighted by atomic mass is 35.5. The van der Waals surface area contributed by atoms with E-state index >= 15 is 0 Å². The maximum absolute atomic E-state index is 13.2. The SMILES string of the molecule is CCCc1cc(Cl)ccc1C1COc2ccc(C(=O)N[S+]([O-])N(C)C(C)C/C=C(\C)C(OC)C3CCC3)cc2N(C)C1. The van der Waals surface area contributed by atoms with Crippen LogP contribution in [-0.4, -0.2) is 61.3 Å². The molecule has 1 N–H and O–H groups in total. The minimum atomic E-state index is -1.69. The summed E-state index contributed by atoms with van der Waals surface area (Å²) in [5.74, 6) is 1.10. The van der Waals surface area contributed by atoms with E-state index in [2.05, 4.69) is 41.7 Å². The molecule has 2 aromatic carbocycles. The van der Waals surface area contributed by atoms with Crippen molar-refractivity contribution in [3.05, 3.63) is 69.8 Å². The van der Waals surface area contributed by atoms with Crippen LogP contribution in [0.4, 0.5) is 5.69 Å². The lowest BCUT2D eigenvalue weighted by atomic mass is 9.78. The summed E-state index contributed by atoms with van der Waals surface area (Å²) in [6, 6.07) is 11.5. The van der Waals surface area contributed by atoms with Gasteiger partial charge in [0.2, 0.25) is 0 Å². The van der Waals surface area contributed by atoms with Crippen molar-refractivity contribution in [1.82, 2.24) is 9.03 Å². The summed E-state index contributed by atoms with van der Waals surface area (Å²) in [7, 11) is 5.56. The number of fused-ring (bicyclic) bond motifs is 1. The Labute approximate surface area is 260 Å². The number of rotatable bonds is 12. The summed E-state index contributed by atoms with van der Waals surface area (Å²) in [5.41, 5.74) is 4.99. The first-order valence-electron chi connectivity index (χ1n) is 15.0. The minimum absolute atomic E-state index is 0.0334. The molecule has 0 bridgehead atoms. The lowest BCUT2D eigenvalue weighted by molar-refractivity contribution is 0.0451. The summed E-state index contributed by atoms with van der Waals surface area (Å²) in [6.07, 6.45) is 8.73. The van der Waals surface area contributed by atoms with E-state index in [1.807, 2.05) is 32.2 Å². The van der Waals surface area contributed by atoms with Gasteiger partial charge in [0.1, 0.15) is 5.75 Å². The van der Waals surface area contributed by atoms with E-state index in [-0.39, 0.29) is 24.0 Å². The molecule has 4 unspecified atom stereocenters. The average molecular weight is 616 g/mol. The molecular formula is C33H46ClN3O4S. The van der Waals surface area contributed by atoms with E-state index in [0.29, 0.717) is 24.5 Å². The number of anilines is 1. The van der Waals surface area contributed by atoms with Crippen LogP contribution in [0.2, 0.25) is 5.02 Å². The first-order chi connectivity index (χ1) is 20.1. The average Bonchev–Trinajstić information content (AvgIpc) is 3.11. The van der Waals surface area contributed by atoms with Crippen molar-refractivity contribution in [2.24, 2.45) is 5.92 Å². The maximum Gasteiger partial charge on any atom is 0.293 e. The van der Waals surface area contributed by atoms with Crippen LogP contribution in [0.3, 0.4) is 0 Å². The number of methoxy groups -OCH3 is 1. The Hall–Kier alpha value is -2.23. The van der Waals surface area contributed by atoms with E-state index in [0.717, 1.165) is 35.8 Å². The molecule has 1 aliphatic heterocycles. The molecule has 0 aromatic heterocycles. The highest BCUT2D eigenvalue weighted by molar-refractivity contribution is 7.87. The van der Waals surface area contributed by atoms with Crippen molar-refractivity contribution in [3.8, 4) is 5.75 Å². The van der Waals surface area contributed by atoms with Gasteiger partial charge < -0.3 is 18.9 Å². The number of nitrogens with zero attached hydrogens (tertiary/aromatic N) is 2. The second-order valence-corrected chi connectivity index (χ2v) is 13.5. The summed E-state index contributed by atoms with van der Waals surface area (Å²) in [4.78, 5) is 15.3. The topological polar surface area (TPSA) is 77.1 Å². The number of aryl methyl sites for hydroxylation is 1. The third kappa shape index (κ3) is 7.83. The molecule has 2 aliphatic rings. The highest BCUT2D eigenvalue weighted by Crippen LogP contribution is 2.36. The third-order valence-electron chi connectivity index (χ3n) is 8.75. The maximum atomic E-state index is 13.2. The first kappa shape index (κ1) is 32.7. The Morgan fingerprint density at radius 1 is 1.31 bits per heavy atom. The van der Waals surface area contributed by atoms with Crippen molar-refractivity contribution in [2.75, 3.05) is 39.3 Å². The molecule has 4 rings (SSSR count). The third-order valence-corrected chi connectivity index (χ3v) is 10.2. The van der Waals surface area contributed by atoms with E-state index in [1.165, 1.54) is 36.0 Å². The molecular weight excluding hydrogens is 570 g/mol. The molecule has 0 radical (unpaired) electrons.